The Bertz CT molecular complexity index is 111. The van der Waals surface area contributed by atoms with E-state index in [1.807, 2.05) is 0 Å². The highest BCUT2D eigenvalue weighted by molar-refractivity contribution is 4.90. The molecule has 11 heavy (non-hydrogen) atoms. The maximum absolute atomic E-state index is 5.70. The van der Waals surface area contributed by atoms with Gasteiger partial charge in [-0.3, -0.25) is 0 Å². The summed E-state index contributed by atoms with van der Waals surface area (Å²) in [7, 11) is 0. The summed E-state index contributed by atoms with van der Waals surface area (Å²) in [5, 5.41) is 3.27. The van der Waals surface area contributed by atoms with E-state index in [1.165, 1.54) is 0 Å². The minimum atomic E-state index is -0.0456. The number of rotatable bonds is 4. The molecule has 0 amide bonds. The van der Waals surface area contributed by atoms with E-state index in [9.17, 15) is 0 Å². The molecule has 3 heteroatoms. The first-order chi connectivity index (χ1) is 5.33. The molecule has 1 aliphatic heterocycles. The van der Waals surface area contributed by atoms with Gasteiger partial charge in [-0.2, -0.15) is 0 Å². The first-order valence-corrected chi connectivity index (χ1v) is 4.38. The lowest BCUT2D eigenvalue weighted by molar-refractivity contribution is -0.0231. The summed E-state index contributed by atoms with van der Waals surface area (Å²) in [5.74, 6) is 0. The third-order valence-electron chi connectivity index (χ3n) is 2.19. The molecular formula is C8H18N2O. The molecule has 3 N–H and O–H groups in total. The molecule has 0 aromatic rings. The highest BCUT2D eigenvalue weighted by Gasteiger charge is 2.32. The van der Waals surface area contributed by atoms with Gasteiger partial charge in [-0.05, 0) is 19.4 Å². The molecular weight excluding hydrogens is 140 g/mol. The van der Waals surface area contributed by atoms with Gasteiger partial charge in [0.2, 0.25) is 0 Å². The minimum absolute atomic E-state index is 0.0456. The van der Waals surface area contributed by atoms with Crippen molar-refractivity contribution in [2.24, 2.45) is 5.73 Å². The molecule has 1 saturated heterocycles. The molecule has 1 heterocycles. The number of hydrogen-bond donors (Lipinski definition) is 2. The summed E-state index contributed by atoms with van der Waals surface area (Å²) in [4.78, 5) is 0. The fourth-order valence-corrected chi connectivity index (χ4v) is 1.40. The van der Waals surface area contributed by atoms with Crippen molar-refractivity contribution in [3.63, 3.8) is 0 Å². The van der Waals surface area contributed by atoms with E-state index in [2.05, 4.69) is 12.2 Å². The molecule has 3 nitrogen and oxygen atoms in total. The molecule has 1 aliphatic rings. The van der Waals surface area contributed by atoms with Crippen LogP contribution in [-0.4, -0.2) is 31.8 Å². The Balaban J connectivity index is 2.33. The third-order valence-corrected chi connectivity index (χ3v) is 2.19. The smallest absolute Gasteiger partial charge is 0.0939 e. The first-order valence-electron chi connectivity index (χ1n) is 4.38. The summed E-state index contributed by atoms with van der Waals surface area (Å²) in [5.41, 5.74) is 5.60. The molecule has 66 valence electrons. The van der Waals surface area contributed by atoms with E-state index < -0.39 is 0 Å². The highest BCUT2D eigenvalue weighted by atomic mass is 16.5. The fourth-order valence-electron chi connectivity index (χ4n) is 1.40. The minimum Gasteiger partial charge on any atom is -0.372 e. The van der Waals surface area contributed by atoms with Crippen molar-refractivity contribution in [2.45, 2.75) is 25.4 Å². The normalized spacial score (nSPS) is 31.1. The van der Waals surface area contributed by atoms with Crippen molar-refractivity contribution >= 4 is 0 Å². The molecule has 0 aliphatic carbocycles. The van der Waals surface area contributed by atoms with Crippen LogP contribution in [0.4, 0.5) is 0 Å². The topological polar surface area (TPSA) is 47.3 Å². The van der Waals surface area contributed by atoms with Gasteiger partial charge in [-0.25, -0.2) is 0 Å². The summed E-state index contributed by atoms with van der Waals surface area (Å²) in [6.45, 7) is 5.55. The molecule has 0 aromatic carbocycles. The van der Waals surface area contributed by atoms with E-state index in [1.54, 1.807) is 0 Å². The van der Waals surface area contributed by atoms with Crippen LogP contribution in [0.3, 0.4) is 0 Å². The van der Waals surface area contributed by atoms with Crippen LogP contribution in [0.2, 0.25) is 0 Å². The highest BCUT2D eigenvalue weighted by Crippen LogP contribution is 2.18. The summed E-state index contributed by atoms with van der Waals surface area (Å²) >= 11 is 0. The zero-order valence-electron chi connectivity index (χ0n) is 7.23. The van der Waals surface area contributed by atoms with Gasteiger partial charge in [0.15, 0.2) is 0 Å². The molecule has 1 rings (SSSR count). The average molecular weight is 158 g/mol. The number of hydrogen-bond acceptors (Lipinski definition) is 3. The van der Waals surface area contributed by atoms with Crippen molar-refractivity contribution in [1.29, 1.82) is 0 Å². The van der Waals surface area contributed by atoms with Gasteiger partial charge in [-0.1, -0.05) is 6.92 Å². The second kappa shape index (κ2) is 4.04. The lowest BCUT2D eigenvalue weighted by atomic mass is 10.0. The van der Waals surface area contributed by atoms with Crippen LogP contribution >= 0.6 is 0 Å². The van der Waals surface area contributed by atoms with Crippen LogP contribution in [0.25, 0.3) is 0 Å². The van der Waals surface area contributed by atoms with Crippen LogP contribution < -0.4 is 11.1 Å². The van der Waals surface area contributed by atoms with Gasteiger partial charge in [0.25, 0.3) is 0 Å². The van der Waals surface area contributed by atoms with Crippen molar-refractivity contribution in [3.8, 4) is 0 Å². The van der Waals surface area contributed by atoms with Gasteiger partial charge in [0.1, 0.15) is 0 Å². The van der Waals surface area contributed by atoms with E-state index in [4.69, 9.17) is 10.5 Å². The van der Waals surface area contributed by atoms with Gasteiger partial charge in [0.05, 0.1) is 5.60 Å². The van der Waals surface area contributed by atoms with Crippen LogP contribution in [0.1, 0.15) is 19.8 Å². The molecule has 0 aromatic heterocycles. The van der Waals surface area contributed by atoms with Gasteiger partial charge in [-0.15, -0.1) is 0 Å². The first kappa shape index (κ1) is 8.97. The molecule has 1 unspecified atom stereocenters. The standard InChI is InChI=1S/C8H18N2O/c1-2-5-11-8(6-9)3-4-10-7-8/h10H,2-7,9H2,1H3. The molecule has 1 fully saturated rings. The van der Waals surface area contributed by atoms with Crippen LogP contribution in [-0.2, 0) is 4.74 Å². The largest absolute Gasteiger partial charge is 0.372 e. The second-order valence-corrected chi connectivity index (χ2v) is 3.16. The number of nitrogens with two attached hydrogens (primary N) is 1. The SMILES string of the molecule is CCCOC1(CN)CCNC1. The van der Waals surface area contributed by atoms with E-state index in [0.29, 0.717) is 6.54 Å². The Hall–Kier alpha value is -0.120. The third kappa shape index (κ3) is 2.15. The Labute approximate surface area is 68.3 Å². The molecule has 0 saturated carbocycles. The Morgan fingerprint density at radius 3 is 2.91 bits per heavy atom. The molecule has 1 atom stereocenters. The Morgan fingerprint density at radius 2 is 2.45 bits per heavy atom. The summed E-state index contributed by atoms with van der Waals surface area (Å²) in [6, 6.07) is 0. The van der Waals surface area contributed by atoms with Gasteiger partial charge < -0.3 is 15.8 Å². The molecule has 0 spiro atoms. The number of nitrogens with one attached hydrogen (secondary N) is 1. The average Bonchev–Trinajstić information content (AvgIpc) is 2.50. The maximum Gasteiger partial charge on any atom is 0.0939 e. The predicted molar refractivity (Wildman–Crippen MR) is 45.5 cm³/mol. The lowest BCUT2D eigenvalue weighted by Crippen LogP contribution is -2.42. The predicted octanol–water partition coefficient (Wildman–Crippen LogP) is 0.104. The van der Waals surface area contributed by atoms with Crippen molar-refractivity contribution < 1.29 is 4.74 Å². The summed E-state index contributed by atoms with van der Waals surface area (Å²) in [6.07, 6.45) is 2.13. The van der Waals surface area contributed by atoms with Crippen LogP contribution in [0.5, 0.6) is 0 Å². The molecule has 0 radical (unpaired) electrons. The maximum atomic E-state index is 5.70. The van der Waals surface area contributed by atoms with Crippen molar-refractivity contribution in [3.05, 3.63) is 0 Å². The van der Waals surface area contributed by atoms with E-state index in [0.717, 1.165) is 32.5 Å². The van der Waals surface area contributed by atoms with E-state index >= 15 is 0 Å². The second-order valence-electron chi connectivity index (χ2n) is 3.16. The summed E-state index contributed by atoms with van der Waals surface area (Å²) < 4.78 is 5.70. The van der Waals surface area contributed by atoms with Gasteiger partial charge in [0, 0.05) is 19.7 Å². The fraction of sp³-hybridized carbons (Fsp3) is 1.00. The zero-order valence-corrected chi connectivity index (χ0v) is 7.23. The van der Waals surface area contributed by atoms with E-state index in [-0.39, 0.29) is 5.60 Å². The van der Waals surface area contributed by atoms with Gasteiger partial charge >= 0.3 is 0 Å². The monoisotopic (exact) mass is 158 g/mol. The van der Waals surface area contributed by atoms with Crippen LogP contribution in [0, 0.1) is 0 Å². The lowest BCUT2D eigenvalue weighted by Gasteiger charge is -2.26. The van der Waals surface area contributed by atoms with Crippen molar-refractivity contribution in [2.75, 3.05) is 26.2 Å². The molecule has 0 bridgehead atoms. The quantitative estimate of drug-likeness (QED) is 0.610. The van der Waals surface area contributed by atoms with Crippen molar-refractivity contribution in [1.82, 2.24) is 5.32 Å². The zero-order chi connectivity index (χ0) is 8.16. The Kier molecular flexibility index (Phi) is 3.30. The number of ether oxygens (including phenoxy) is 1. The van der Waals surface area contributed by atoms with Crippen LogP contribution in [0.15, 0.2) is 0 Å². The Morgan fingerprint density at radius 1 is 1.64 bits per heavy atom.